The number of nitrogens with one attached hydrogen (secondary N) is 1. The van der Waals surface area contributed by atoms with Crippen LogP contribution in [0.1, 0.15) is 16.9 Å². The molecule has 1 aliphatic heterocycles. The van der Waals surface area contributed by atoms with E-state index in [0.29, 0.717) is 23.1 Å². The predicted octanol–water partition coefficient (Wildman–Crippen LogP) is 4.20. The molecule has 0 radical (unpaired) electrons. The van der Waals surface area contributed by atoms with E-state index in [9.17, 15) is 9.59 Å². The van der Waals surface area contributed by atoms with E-state index in [0.717, 1.165) is 15.7 Å². The van der Waals surface area contributed by atoms with Gasteiger partial charge in [0.05, 0.1) is 18.7 Å². The number of nitrogens with zero attached hydrogens (tertiary/aromatic N) is 3. The van der Waals surface area contributed by atoms with Crippen LogP contribution in [-0.2, 0) is 15.3 Å². The van der Waals surface area contributed by atoms with Crippen molar-refractivity contribution in [3.63, 3.8) is 0 Å². The largest absolute Gasteiger partial charge is 0.495 e. The third kappa shape index (κ3) is 4.66. The maximum absolute atomic E-state index is 12.7. The number of thiophene rings is 1. The molecule has 1 aliphatic rings. The van der Waals surface area contributed by atoms with E-state index in [-0.39, 0.29) is 18.2 Å². The number of carbonyl (C=O) groups excluding carboxylic acids is 2. The summed E-state index contributed by atoms with van der Waals surface area (Å²) in [7, 11) is 1.57. The van der Waals surface area contributed by atoms with Crippen molar-refractivity contribution < 1.29 is 14.3 Å². The molecular formula is C20H20N4O3S3. The minimum absolute atomic E-state index is 0.0940. The lowest BCUT2D eigenvalue weighted by atomic mass is 10.1. The van der Waals surface area contributed by atoms with E-state index in [1.807, 2.05) is 36.6 Å². The first-order chi connectivity index (χ1) is 14.5. The van der Waals surface area contributed by atoms with Gasteiger partial charge in [-0.2, -0.15) is 0 Å². The number of thioether (sulfide) groups is 1. The van der Waals surface area contributed by atoms with Crippen LogP contribution in [0.25, 0.3) is 0 Å². The van der Waals surface area contributed by atoms with Crippen LogP contribution in [0.5, 0.6) is 5.75 Å². The fourth-order valence-electron chi connectivity index (χ4n) is 3.18. The number of methoxy groups -OCH3 is 1. The molecule has 0 saturated carbocycles. The van der Waals surface area contributed by atoms with Crippen molar-refractivity contribution in [2.75, 3.05) is 23.9 Å². The van der Waals surface area contributed by atoms with E-state index in [1.54, 1.807) is 35.1 Å². The second-order valence-corrected chi connectivity index (χ2v) is 10.0. The highest BCUT2D eigenvalue weighted by atomic mass is 32.2. The third-order valence-corrected chi connectivity index (χ3v) is 7.76. The summed E-state index contributed by atoms with van der Waals surface area (Å²) in [5, 5.41) is 13.5. The fourth-order valence-corrected chi connectivity index (χ4v) is 5.71. The molecule has 156 valence electrons. The smallest absolute Gasteiger partial charge is 0.231 e. The van der Waals surface area contributed by atoms with E-state index >= 15 is 0 Å². The van der Waals surface area contributed by atoms with Gasteiger partial charge in [0, 0.05) is 23.6 Å². The lowest BCUT2D eigenvalue weighted by Crippen LogP contribution is -2.28. The second kappa shape index (κ2) is 9.15. The number of benzene rings is 1. The summed E-state index contributed by atoms with van der Waals surface area (Å²) in [4.78, 5) is 28.2. The van der Waals surface area contributed by atoms with Gasteiger partial charge in [0.15, 0.2) is 4.34 Å². The summed E-state index contributed by atoms with van der Waals surface area (Å²) >= 11 is 4.63. The molecule has 0 aliphatic carbocycles. The molecule has 0 spiro atoms. The highest BCUT2D eigenvalue weighted by molar-refractivity contribution is 8.00. The number of rotatable bonds is 7. The SMILES string of the molecule is COc1ccc(C)cc1N1CC(C(=O)Nc2nnc(SCc3cccs3)s2)CC1=O. The van der Waals surface area contributed by atoms with Crippen molar-refractivity contribution in [3.05, 3.63) is 46.2 Å². The Bertz CT molecular complexity index is 1050. The minimum Gasteiger partial charge on any atom is -0.495 e. The van der Waals surface area contributed by atoms with Crippen LogP contribution in [0.3, 0.4) is 0 Å². The van der Waals surface area contributed by atoms with Crippen molar-refractivity contribution in [1.82, 2.24) is 10.2 Å². The second-order valence-electron chi connectivity index (χ2n) is 6.81. The summed E-state index contributed by atoms with van der Waals surface area (Å²) in [5.41, 5.74) is 1.72. The number of ether oxygens (including phenoxy) is 1. The Hall–Kier alpha value is -2.43. The molecule has 3 aromatic rings. The van der Waals surface area contributed by atoms with Crippen LogP contribution in [0.2, 0.25) is 0 Å². The molecule has 1 aromatic carbocycles. The van der Waals surface area contributed by atoms with Gasteiger partial charge in [-0.05, 0) is 36.1 Å². The number of anilines is 2. The third-order valence-electron chi connectivity index (χ3n) is 4.68. The summed E-state index contributed by atoms with van der Waals surface area (Å²) in [6.07, 6.45) is 0.154. The Morgan fingerprint density at radius 1 is 1.37 bits per heavy atom. The number of hydrogen-bond donors (Lipinski definition) is 1. The van der Waals surface area contributed by atoms with Crippen LogP contribution in [0, 0.1) is 12.8 Å². The van der Waals surface area contributed by atoms with Gasteiger partial charge in [0.1, 0.15) is 5.75 Å². The number of amides is 2. The van der Waals surface area contributed by atoms with Gasteiger partial charge < -0.3 is 15.0 Å². The van der Waals surface area contributed by atoms with E-state index in [2.05, 4.69) is 21.6 Å². The van der Waals surface area contributed by atoms with Crippen LogP contribution < -0.4 is 15.0 Å². The van der Waals surface area contributed by atoms with Crippen molar-refractivity contribution in [2.24, 2.45) is 5.92 Å². The van der Waals surface area contributed by atoms with Crippen LogP contribution >= 0.6 is 34.4 Å². The standard InChI is InChI=1S/C20H20N4O3S3/c1-12-5-6-16(27-2)15(8-12)24-10-13(9-17(24)25)18(26)21-19-22-23-20(30-19)29-11-14-4-3-7-28-14/h3-8,13H,9-11H2,1-2H3,(H,21,22,26). The Morgan fingerprint density at radius 3 is 3.00 bits per heavy atom. The molecule has 0 bridgehead atoms. The monoisotopic (exact) mass is 460 g/mol. The lowest BCUT2D eigenvalue weighted by molar-refractivity contribution is -0.122. The molecule has 2 amide bonds. The molecule has 7 nitrogen and oxygen atoms in total. The van der Waals surface area contributed by atoms with Gasteiger partial charge in [-0.25, -0.2) is 0 Å². The Kier molecular flexibility index (Phi) is 6.35. The molecule has 3 heterocycles. The lowest BCUT2D eigenvalue weighted by Gasteiger charge is -2.20. The van der Waals surface area contributed by atoms with E-state index < -0.39 is 5.92 Å². The molecule has 2 aromatic heterocycles. The first-order valence-electron chi connectivity index (χ1n) is 9.28. The zero-order valence-corrected chi connectivity index (χ0v) is 18.9. The number of hydrogen-bond acceptors (Lipinski definition) is 8. The minimum atomic E-state index is -0.450. The molecule has 1 unspecified atom stereocenters. The zero-order chi connectivity index (χ0) is 21.1. The summed E-state index contributed by atoms with van der Waals surface area (Å²) in [5.74, 6) is 0.678. The topological polar surface area (TPSA) is 84.4 Å². The molecule has 30 heavy (non-hydrogen) atoms. The van der Waals surface area contributed by atoms with Crippen LogP contribution in [0.15, 0.2) is 40.1 Å². The number of aryl methyl sites for hydroxylation is 1. The molecule has 10 heteroatoms. The summed E-state index contributed by atoms with van der Waals surface area (Å²) < 4.78 is 6.19. The van der Waals surface area contributed by atoms with Gasteiger partial charge >= 0.3 is 0 Å². The van der Waals surface area contributed by atoms with Crippen molar-refractivity contribution in [1.29, 1.82) is 0 Å². The summed E-state index contributed by atoms with van der Waals surface area (Å²) in [6.45, 7) is 2.26. The van der Waals surface area contributed by atoms with E-state index in [4.69, 9.17) is 4.74 Å². The quantitative estimate of drug-likeness (QED) is 0.420. The van der Waals surface area contributed by atoms with Gasteiger partial charge in [-0.15, -0.1) is 21.5 Å². The highest BCUT2D eigenvalue weighted by Gasteiger charge is 2.36. The number of aromatic nitrogens is 2. The Morgan fingerprint density at radius 2 is 2.23 bits per heavy atom. The molecule has 4 rings (SSSR count). The normalized spacial score (nSPS) is 16.1. The fraction of sp³-hybridized carbons (Fsp3) is 0.300. The molecular weight excluding hydrogens is 440 g/mol. The average molecular weight is 461 g/mol. The van der Waals surface area contributed by atoms with E-state index in [1.165, 1.54) is 16.2 Å². The van der Waals surface area contributed by atoms with Crippen molar-refractivity contribution in [3.8, 4) is 5.75 Å². The molecule has 1 atom stereocenters. The van der Waals surface area contributed by atoms with Gasteiger partial charge in [0.25, 0.3) is 0 Å². The average Bonchev–Trinajstić information content (AvgIpc) is 3.47. The van der Waals surface area contributed by atoms with Gasteiger partial charge in [0.2, 0.25) is 16.9 Å². The Balaban J connectivity index is 1.38. The van der Waals surface area contributed by atoms with Crippen LogP contribution in [-0.4, -0.2) is 35.7 Å². The summed E-state index contributed by atoms with van der Waals surface area (Å²) in [6, 6.07) is 9.76. The Labute approximate surface area is 186 Å². The number of carbonyl (C=O) groups is 2. The maximum atomic E-state index is 12.7. The maximum Gasteiger partial charge on any atom is 0.231 e. The molecule has 1 N–H and O–H groups in total. The highest BCUT2D eigenvalue weighted by Crippen LogP contribution is 2.35. The van der Waals surface area contributed by atoms with Crippen molar-refractivity contribution in [2.45, 2.75) is 23.4 Å². The van der Waals surface area contributed by atoms with Gasteiger partial charge in [-0.1, -0.05) is 35.2 Å². The zero-order valence-electron chi connectivity index (χ0n) is 16.5. The molecule has 1 saturated heterocycles. The van der Waals surface area contributed by atoms with Crippen LogP contribution in [0.4, 0.5) is 10.8 Å². The predicted molar refractivity (Wildman–Crippen MR) is 121 cm³/mol. The first-order valence-corrected chi connectivity index (χ1v) is 12.0. The first kappa shape index (κ1) is 20.8. The van der Waals surface area contributed by atoms with Gasteiger partial charge in [-0.3, -0.25) is 9.59 Å². The van der Waals surface area contributed by atoms with Crippen molar-refractivity contribution >= 4 is 57.1 Å². The molecule has 1 fully saturated rings.